The Morgan fingerprint density at radius 2 is 2.00 bits per heavy atom. The number of likely N-dealkylation sites (tertiary alicyclic amines) is 1. The Balaban J connectivity index is 2.56. The van der Waals surface area contributed by atoms with Gasteiger partial charge < -0.3 is 25.2 Å². The number of amides is 2. The summed E-state index contributed by atoms with van der Waals surface area (Å²) < 4.78 is 5.13. The minimum absolute atomic E-state index is 0.101. The number of aliphatic hydroxyl groups excluding tert-OH is 1. The molecule has 0 radical (unpaired) electrons. The van der Waals surface area contributed by atoms with E-state index in [4.69, 9.17) is 14.9 Å². The normalized spacial score (nSPS) is 23.9. The maximum Gasteiger partial charge on any atom is 0.407 e. The molecule has 1 saturated heterocycles. The molecule has 110 valence electrons. The van der Waals surface area contributed by atoms with Crippen molar-refractivity contribution < 1.29 is 24.5 Å². The molecule has 0 aromatic heterocycles. The molecule has 2 amide bonds. The summed E-state index contributed by atoms with van der Waals surface area (Å²) in [5.41, 5.74) is -0.596. The number of piperidine rings is 1. The molecule has 0 aromatic carbocycles. The van der Waals surface area contributed by atoms with Gasteiger partial charge in [0.2, 0.25) is 0 Å². The molecule has 0 spiro atoms. The first kappa shape index (κ1) is 15.6. The highest BCUT2D eigenvalue weighted by Gasteiger charge is 2.31. The summed E-state index contributed by atoms with van der Waals surface area (Å²) in [6.45, 7) is 5.67. The zero-order valence-electron chi connectivity index (χ0n) is 11.5. The van der Waals surface area contributed by atoms with Gasteiger partial charge in [0, 0.05) is 25.6 Å². The Bertz CT molecular complexity index is 340. The lowest BCUT2D eigenvalue weighted by atomic mass is 9.95. The Morgan fingerprint density at radius 3 is 2.47 bits per heavy atom. The predicted octanol–water partition coefficient (Wildman–Crippen LogP) is 0.872. The van der Waals surface area contributed by atoms with E-state index in [9.17, 15) is 9.59 Å². The Labute approximate surface area is 112 Å². The standard InChI is InChI=1S/C12H22N2O5/c1-12(2,3)19-10(16)13-9-4-8(7-15)5-14(6-9)11(17)18/h8-9,15H,4-7H2,1-3H3,(H,13,16)(H,17,18). The van der Waals surface area contributed by atoms with Gasteiger partial charge in [0.15, 0.2) is 0 Å². The SMILES string of the molecule is CC(C)(C)OC(=O)NC1CC(CO)CN(C(=O)O)C1. The van der Waals surface area contributed by atoms with Crippen LogP contribution in [0.25, 0.3) is 0 Å². The van der Waals surface area contributed by atoms with E-state index in [-0.39, 0.29) is 25.1 Å². The third-order valence-corrected chi connectivity index (χ3v) is 2.79. The van der Waals surface area contributed by atoms with Crippen LogP contribution < -0.4 is 5.32 Å². The summed E-state index contributed by atoms with van der Waals surface area (Å²) in [5.74, 6) is -0.162. The first-order valence-electron chi connectivity index (χ1n) is 6.29. The fourth-order valence-electron chi connectivity index (χ4n) is 2.07. The summed E-state index contributed by atoms with van der Waals surface area (Å²) in [6, 6.07) is -0.336. The number of nitrogens with zero attached hydrogens (tertiary/aromatic N) is 1. The Morgan fingerprint density at radius 1 is 1.37 bits per heavy atom. The molecule has 2 unspecified atom stereocenters. The highest BCUT2D eigenvalue weighted by molar-refractivity contribution is 5.69. The maximum atomic E-state index is 11.6. The lowest BCUT2D eigenvalue weighted by Crippen LogP contribution is -2.53. The zero-order chi connectivity index (χ0) is 14.6. The van der Waals surface area contributed by atoms with Gasteiger partial charge in [0.25, 0.3) is 0 Å². The number of carbonyl (C=O) groups is 2. The molecule has 2 atom stereocenters. The molecule has 1 heterocycles. The molecule has 7 nitrogen and oxygen atoms in total. The number of hydrogen-bond acceptors (Lipinski definition) is 4. The largest absolute Gasteiger partial charge is 0.465 e. The van der Waals surface area contributed by atoms with Gasteiger partial charge in [-0.15, -0.1) is 0 Å². The second-order valence-electron chi connectivity index (χ2n) is 5.82. The van der Waals surface area contributed by atoms with Crippen molar-refractivity contribution >= 4 is 12.2 Å². The average molecular weight is 274 g/mol. The Kier molecular flexibility index (Phi) is 4.99. The molecule has 0 bridgehead atoms. The number of carboxylic acid groups (broad SMARTS) is 1. The topological polar surface area (TPSA) is 99.1 Å². The van der Waals surface area contributed by atoms with Crippen molar-refractivity contribution in [2.24, 2.45) is 5.92 Å². The van der Waals surface area contributed by atoms with Crippen molar-refractivity contribution in [2.75, 3.05) is 19.7 Å². The van der Waals surface area contributed by atoms with Gasteiger partial charge in [-0.25, -0.2) is 9.59 Å². The molecular weight excluding hydrogens is 252 g/mol. The van der Waals surface area contributed by atoms with E-state index < -0.39 is 17.8 Å². The molecule has 1 aliphatic heterocycles. The van der Waals surface area contributed by atoms with Gasteiger partial charge in [-0.1, -0.05) is 0 Å². The molecule has 1 fully saturated rings. The summed E-state index contributed by atoms with van der Waals surface area (Å²) >= 11 is 0. The van der Waals surface area contributed by atoms with Gasteiger partial charge in [-0.05, 0) is 27.2 Å². The van der Waals surface area contributed by atoms with Gasteiger partial charge in [0.1, 0.15) is 5.60 Å². The van der Waals surface area contributed by atoms with E-state index in [1.807, 2.05) is 0 Å². The monoisotopic (exact) mass is 274 g/mol. The van der Waals surface area contributed by atoms with Crippen molar-refractivity contribution in [1.29, 1.82) is 0 Å². The molecule has 0 saturated carbocycles. The lowest BCUT2D eigenvalue weighted by molar-refractivity contribution is 0.0416. The van der Waals surface area contributed by atoms with Crippen molar-refractivity contribution in [3.8, 4) is 0 Å². The van der Waals surface area contributed by atoms with E-state index in [0.29, 0.717) is 13.0 Å². The molecule has 7 heteroatoms. The molecule has 0 aromatic rings. The summed E-state index contributed by atoms with van der Waals surface area (Å²) in [7, 11) is 0. The van der Waals surface area contributed by atoms with Crippen molar-refractivity contribution in [2.45, 2.75) is 38.8 Å². The summed E-state index contributed by atoms with van der Waals surface area (Å²) in [5, 5.41) is 20.8. The van der Waals surface area contributed by atoms with Crippen LogP contribution in [0.15, 0.2) is 0 Å². The van der Waals surface area contributed by atoms with Gasteiger partial charge in [-0.3, -0.25) is 0 Å². The van der Waals surface area contributed by atoms with Crippen LogP contribution in [0, 0.1) is 5.92 Å². The second-order valence-corrected chi connectivity index (χ2v) is 5.82. The summed E-state index contributed by atoms with van der Waals surface area (Å²) in [4.78, 5) is 23.8. The Hall–Kier alpha value is -1.50. The number of rotatable bonds is 2. The first-order valence-corrected chi connectivity index (χ1v) is 6.29. The van der Waals surface area contributed by atoms with Crippen LogP contribution in [0.1, 0.15) is 27.2 Å². The second kappa shape index (κ2) is 6.10. The lowest BCUT2D eigenvalue weighted by Gasteiger charge is -2.36. The number of nitrogens with one attached hydrogen (secondary N) is 1. The summed E-state index contributed by atoms with van der Waals surface area (Å²) in [6.07, 6.45) is -1.07. The van der Waals surface area contributed by atoms with E-state index in [1.54, 1.807) is 20.8 Å². The third kappa shape index (κ3) is 5.34. The van der Waals surface area contributed by atoms with Gasteiger partial charge >= 0.3 is 12.2 Å². The quantitative estimate of drug-likeness (QED) is 0.694. The number of alkyl carbamates (subject to hydrolysis) is 1. The highest BCUT2D eigenvalue weighted by Crippen LogP contribution is 2.17. The van der Waals surface area contributed by atoms with E-state index >= 15 is 0 Å². The molecule has 3 N–H and O–H groups in total. The van der Waals surface area contributed by atoms with Crippen LogP contribution in [0.2, 0.25) is 0 Å². The number of aliphatic hydroxyl groups is 1. The number of hydrogen-bond donors (Lipinski definition) is 3. The van der Waals surface area contributed by atoms with E-state index in [0.717, 1.165) is 0 Å². The van der Waals surface area contributed by atoms with E-state index in [1.165, 1.54) is 4.90 Å². The van der Waals surface area contributed by atoms with Crippen LogP contribution in [-0.2, 0) is 4.74 Å². The van der Waals surface area contributed by atoms with Crippen LogP contribution in [0.4, 0.5) is 9.59 Å². The molecule has 1 rings (SSSR count). The minimum Gasteiger partial charge on any atom is -0.465 e. The highest BCUT2D eigenvalue weighted by atomic mass is 16.6. The predicted molar refractivity (Wildman–Crippen MR) is 67.9 cm³/mol. The fourth-order valence-corrected chi connectivity index (χ4v) is 2.07. The molecule has 1 aliphatic rings. The minimum atomic E-state index is -1.05. The molecule has 19 heavy (non-hydrogen) atoms. The average Bonchev–Trinajstić information content (AvgIpc) is 2.25. The third-order valence-electron chi connectivity index (χ3n) is 2.79. The number of carbonyl (C=O) groups excluding carboxylic acids is 1. The van der Waals surface area contributed by atoms with Crippen LogP contribution in [0.3, 0.4) is 0 Å². The van der Waals surface area contributed by atoms with Crippen LogP contribution in [-0.4, -0.2) is 58.6 Å². The molecular formula is C12H22N2O5. The molecule has 0 aliphatic carbocycles. The maximum absolute atomic E-state index is 11.6. The van der Waals surface area contributed by atoms with Crippen LogP contribution in [0.5, 0.6) is 0 Å². The van der Waals surface area contributed by atoms with Crippen LogP contribution >= 0.6 is 0 Å². The van der Waals surface area contributed by atoms with Gasteiger partial charge in [-0.2, -0.15) is 0 Å². The van der Waals surface area contributed by atoms with Crippen molar-refractivity contribution in [3.05, 3.63) is 0 Å². The van der Waals surface area contributed by atoms with Crippen molar-refractivity contribution in [1.82, 2.24) is 10.2 Å². The first-order chi connectivity index (χ1) is 8.71. The van der Waals surface area contributed by atoms with Gasteiger partial charge in [0.05, 0.1) is 6.04 Å². The van der Waals surface area contributed by atoms with E-state index in [2.05, 4.69) is 5.32 Å². The number of ether oxygens (including phenoxy) is 1. The smallest absolute Gasteiger partial charge is 0.407 e. The van der Waals surface area contributed by atoms with Crippen molar-refractivity contribution in [3.63, 3.8) is 0 Å². The zero-order valence-corrected chi connectivity index (χ0v) is 11.5. The fraction of sp³-hybridized carbons (Fsp3) is 0.833.